The highest BCUT2D eigenvalue weighted by atomic mass is 79.9. The Hall–Kier alpha value is -3.97. The number of hydrogen-bond acceptors (Lipinski definition) is 4. The first kappa shape index (κ1) is 26.0. The molecule has 0 spiro atoms. The van der Waals surface area contributed by atoms with Crippen molar-refractivity contribution < 1.29 is 4.79 Å². The highest BCUT2D eigenvalue weighted by molar-refractivity contribution is 9.10. The maximum absolute atomic E-state index is 13.6. The first-order valence-electron chi connectivity index (χ1n) is 14.5. The van der Waals surface area contributed by atoms with Crippen molar-refractivity contribution in [3.05, 3.63) is 107 Å². The molecule has 2 aliphatic rings. The molecule has 0 bridgehead atoms. The molecule has 3 aromatic carbocycles. The van der Waals surface area contributed by atoms with Gasteiger partial charge in [-0.25, -0.2) is 4.98 Å². The summed E-state index contributed by atoms with van der Waals surface area (Å²) >= 11 is 3.64. The minimum Gasteiger partial charge on any atom is -0.370 e. The second-order valence-electron chi connectivity index (χ2n) is 11.1. The van der Waals surface area contributed by atoms with E-state index in [-0.39, 0.29) is 5.91 Å². The lowest BCUT2D eigenvalue weighted by Gasteiger charge is -2.32. The summed E-state index contributed by atoms with van der Waals surface area (Å²) in [5, 5.41) is 8.27. The molecule has 1 saturated carbocycles. The summed E-state index contributed by atoms with van der Waals surface area (Å²) in [6, 6.07) is 28.9. The van der Waals surface area contributed by atoms with Crippen LogP contribution in [0.25, 0.3) is 28.0 Å². The average molecular weight is 607 g/mol. The van der Waals surface area contributed by atoms with Gasteiger partial charge in [0.1, 0.15) is 5.82 Å². The lowest BCUT2D eigenvalue weighted by atomic mass is 9.94. The monoisotopic (exact) mass is 605 g/mol. The van der Waals surface area contributed by atoms with Crippen molar-refractivity contribution in [2.24, 2.45) is 5.92 Å². The quantitative estimate of drug-likeness (QED) is 0.207. The average Bonchev–Trinajstić information content (AvgIpc) is 3.82. The van der Waals surface area contributed by atoms with Gasteiger partial charge >= 0.3 is 0 Å². The first-order chi connectivity index (χ1) is 20.2. The predicted octanol–water partition coefficient (Wildman–Crippen LogP) is 7.67. The molecule has 0 atom stereocenters. The van der Waals surface area contributed by atoms with E-state index >= 15 is 0 Å². The number of carbonyl (C=O) groups is 1. The molecule has 7 heteroatoms. The van der Waals surface area contributed by atoms with Gasteiger partial charge in [0.05, 0.1) is 16.4 Å². The smallest absolute Gasteiger partial charge is 0.254 e. The van der Waals surface area contributed by atoms with Crippen LogP contribution >= 0.6 is 15.9 Å². The molecule has 206 valence electrons. The fraction of sp³-hybridized carbons (Fsp3) is 0.265. The van der Waals surface area contributed by atoms with Crippen LogP contribution in [0.5, 0.6) is 0 Å². The van der Waals surface area contributed by atoms with Gasteiger partial charge < -0.3 is 10.2 Å². The summed E-state index contributed by atoms with van der Waals surface area (Å²) in [5.41, 5.74) is 7.22. The number of likely N-dealkylation sites (tertiary alicyclic amines) is 1. The van der Waals surface area contributed by atoms with Crippen LogP contribution < -0.4 is 5.32 Å². The van der Waals surface area contributed by atoms with Crippen molar-refractivity contribution in [3.8, 4) is 22.4 Å². The molecular weight excluding hydrogens is 574 g/mol. The molecule has 7 rings (SSSR count). The number of carbonyl (C=O) groups excluding carboxylic acids is 1. The van der Waals surface area contributed by atoms with Crippen LogP contribution in [0.15, 0.2) is 95.6 Å². The van der Waals surface area contributed by atoms with Gasteiger partial charge in [-0.15, -0.1) is 0 Å². The molecule has 2 fully saturated rings. The van der Waals surface area contributed by atoms with Crippen LogP contribution in [0, 0.1) is 5.92 Å². The summed E-state index contributed by atoms with van der Waals surface area (Å²) in [6.45, 7) is 2.34. The molecule has 6 nitrogen and oxygen atoms in total. The summed E-state index contributed by atoms with van der Waals surface area (Å²) < 4.78 is 2.76. The Bertz CT molecular complexity index is 1700. The Kier molecular flexibility index (Phi) is 7.05. The zero-order chi connectivity index (χ0) is 27.8. The van der Waals surface area contributed by atoms with Crippen LogP contribution in [0.1, 0.15) is 47.5 Å². The van der Waals surface area contributed by atoms with Crippen molar-refractivity contribution >= 4 is 33.3 Å². The van der Waals surface area contributed by atoms with Crippen LogP contribution in [0.3, 0.4) is 0 Å². The molecule has 5 aromatic rings. The maximum atomic E-state index is 13.6. The summed E-state index contributed by atoms with van der Waals surface area (Å²) in [7, 11) is 0. The molecule has 3 heterocycles. The zero-order valence-electron chi connectivity index (χ0n) is 22.8. The molecular formula is C34H32BrN5O. The number of nitrogens with one attached hydrogen (secondary N) is 1. The van der Waals surface area contributed by atoms with Gasteiger partial charge in [-0.2, -0.15) is 9.61 Å². The summed E-state index contributed by atoms with van der Waals surface area (Å²) in [5.74, 6) is 2.16. The molecule has 1 amide bonds. The molecule has 1 N–H and O–H groups in total. The van der Waals surface area contributed by atoms with Gasteiger partial charge in [-0.3, -0.25) is 4.79 Å². The van der Waals surface area contributed by atoms with E-state index in [4.69, 9.17) is 4.98 Å². The second kappa shape index (κ2) is 11.1. The number of fused-ring (bicyclic) bond motifs is 1. The largest absolute Gasteiger partial charge is 0.370 e. The van der Waals surface area contributed by atoms with E-state index in [1.165, 1.54) is 24.0 Å². The van der Waals surface area contributed by atoms with Crippen LogP contribution in [0.4, 0.5) is 5.82 Å². The van der Waals surface area contributed by atoms with Crippen LogP contribution in [0.2, 0.25) is 0 Å². The molecule has 1 saturated heterocycles. The number of aromatic nitrogens is 3. The van der Waals surface area contributed by atoms with Crippen molar-refractivity contribution in [2.75, 3.05) is 25.0 Å². The number of nitrogens with zero attached hydrogens (tertiary/aromatic N) is 4. The molecule has 0 radical (unpaired) electrons. The Balaban J connectivity index is 1.05. The number of amides is 1. The minimum atomic E-state index is 0.118. The number of piperidine rings is 1. The maximum Gasteiger partial charge on any atom is 0.254 e. The molecule has 2 aromatic heterocycles. The second-order valence-corrected chi connectivity index (χ2v) is 12.0. The van der Waals surface area contributed by atoms with Gasteiger partial charge in [-0.1, -0.05) is 72.8 Å². The Labute approximate surface area is 248 Å². The van der Waals surface area contributed by atoms with Gasteiger partial charge in [-0.05, 0) is 76.2 Å². The third-order valence-electron chi connectivity index (χ3n) is 8.40. The van der Waals surface area contributed by atoms with Crippen LogP contribution in [-0.4, -0.2) is 45.0 Å². The molecule has 0 unspecified atom stereocenters. The van der Waals surface area contributed by atoms with E-state index in [9.17, 15) is 4.79 Å². The van der Waals surface area contributed by atoms with Crippen molar-refractivity contribution in [2.45, 2.75) is 31.6 Å². The SMILES string of the molecule is O=C(c1ccccc1-c1ccccc1)N1CCC(CNc2cc(-c3ccccc3C3CC3)nc3c(Br)cnn23)CC1. The standard InChI is InChI=1S/C34H32BrN5O/c35-30-22-37-40-32(20-31(38-33(30)40)28-12-6-4-10-26(28)25-14-15-25)36-21-23-16-18-39(19-17-23)34(41)29-13-7-5-11-27(29)24-8-2-1-3-9-24/h1-13,20,22-23,25,36H,14-19,21H2. The third kappa shape index (κ3) is 5.26. The highest BCUT2D eigenvalue weighted by Crippen LogP contribution is 2.44. The van der Waals surface area contributed by atoms with Crippen molar-refractivity contribution in [1.29, 1.82) is 0 Å². The van der Waals surface area contributed by atoms with E-state index in [1.807, 2.05) is 58.1 Å². The van der Waals surface area contributed by atoms with Gasteiger partial charge in [0.25, 0.3) is 5.91 Å². The Morgan fingerprint density at radius 2 is 1.59 bits per heavy atom. The summed E-state index contributed by atoms with van der Waals surface area (Å²) in [4.78, 5) is 20.6. The Morgan fingerprint density at radius 3 is 2.37 bits per heavy atom. The number of rotatable bonds is 7. The number of halogens is 1. The van der Waals surface area contributed by atoms with E-state index in [0.717, 1.165) is 70.8 Å². The van der Waals surface area contributed by atoms with Gasteiger partial charge in [0.2, 0.25) is 0 Å². The van der Waals surface area contributed by atoms with Crippen molar-refractivity contribution in [3.63, 3.8) is 0 Å². The van der Waals surface area contributed by atoms with E-state index in [1.54, 1.807) is 0 Å². The van der Waals surface area contributed by atoms with Crippen LogP contribution in [-0.2, 0) is 0 Å². The van der Waals surface area contributed by atoms with E-state index < -0.39 is 0 Å². The van der Waals surface area contributed by atoms with Gasteiger partial charge in [0, 0.05) is 36.8 Å². The number of benzene rings is 3. The number of hydrogen-bond donors (Lipinski definition) is 1. The molecule has 41 heavy (non-hydrogen) atoms. The lowest BCUT2D eigenvalue weighted by Crippen LogP contribution is -2.40. The van der Waals surface area contributed by atoms with E-state index in [0.29, 0.717) is 11.8 Å². The normalized spacial score (nSPS) is 15.8. The zero-order valence-corrected chi connectivity index (χ0v) is 24.4. The Morgan fingerprint density at radius 1 is 0.878 bits per heavy atom. The predicted molar refractivity (Wildman–Crippen MR) is 167 cm³/mol. The topological polar surface area (TPSA) is 62.5 Å². The van der Waals surface area contributed by atoms with Crippen molar-refractivity contribution in [1.82, 2.24) is 19.5 Å². The molecule has 1 aliphatic heterocycles. The fourth-order valence-corrected chi connectivity index (χ4v) is 6.33. The third-order valence-corrected chi connectivity index (χ3v) is 8.96. The first-order valence-corrected chi connectivity index (χ1v) is 15.3. The van der Waals surface area contributed by atoms with E-state index in [2.05, 4.69) is 68.8 Å². The molecule has 1 aliphatic carbocycles. The van der Waals surface area contributed by atoms with Gasteiger partial charge in [0.15, 0.2) is 5.65 Å². The summed E-state index contributed by atoms with van der Waals surface area (Å²) in [6.07, 6.45) is 6.22. The minimum absolute atomic E-state index is 0.118. The lowest BCUT2D eigenvalue weighted by molar-refractivity contribution is 0.0695. The number of anilines is 1. The highest BCUT2D eigenvalue weighted by Gasteiger charge is 2.28. The fourth-order valence-electron chi connectivity index (χ4n) is 5.98.